The maximum absolute atomic E-state index is 12.5. The minimum Gasteiger partial charge on any atom is -0.399 e. The van der Waals surface area contributed by atoms with E-state index >= 15 is 0 Å². The van der Waals surface area contributed by atoms with Crippen molar-refractivity contribution in [3.63, 3.8) is 0 Å². The molecule has 2 rings (SSSR count). The van der Waals surface area contributed by atoms with Crippen molar-refractivity contribution in [3.05, 3.63) is 23.8 Å². The summed E-state index contributed by atoms with van der Waals surface area (Å²) in [6.45, 7) is 5.67. The summed E-state index contributed by atoms with van der Waals surface area (Å²) < 4.78 is 27.8. The van der Waals surface area contributed by atoms with Crippen molar-refractivity contribution in [3.8, 4) is 0 Å². The zero-order valence-electron chi connectivity index (χ0n) is 12.3. The third kappa shape index (κ3) is 3.31. The van der Waals surface area contributed by atoms with E-state index in [-0.39, 0.29) is 6.04 Å². The highest BCUT2D eigenvalue weighted by Crippen LogP contribution is 2.21. The topological polar surface area (TPSA) is 75.4 Å². The number of nitrogens with zero attached hydrogens (tertiary/aromatic N) is 1. The van der Waals surface area contributed by atoms with Crippen molar-refractivity contribution < 1.29 is 8.42 Å². The minimum absolute atomic E-state index is 0.00634. The molecule has 0 spiro atoms. The standard InChI is InChI=1S/C14H23N3O2S/c1-10-8-12(15)4-5-14(10)20(18,19)16-13-6-7-17(3)9-11(13)2/h4-5,8,11,13,16H,6-7,9,15H2,1-3H3. The van der Waals surface area contributed by atoms with Gasteiger partial charge in [0.2, 0.25) is 10.0 Å². The summed E-state index contributed by atoms with van der Waals surface area (Å²) in [6, 6.07) is 4.88. The molecule has 0 amide bonds. The molecule has 3 N–H and O–H groups in total. The van der Waals surface area contributed by atoms with Gasteiger partial charge in [0.25, 0.3) is 0 Å². The van der Waals surface area contributed by atoms with Crippen molar-refractivity contribution in [2.24, 2.45) is 5.92 Å². The van der Waals surface area contributed by atoms with E-state index in [1.165, 1.54) is 0 Å². The fourth-order valence-electron chi connectivity index (χ4n) is 2.77. The SMILES string of the molecule is Cc1cc(N)ccc1S(=O)(=O)NC1CCN(C)CC1C. The Labute approximate surface area is 121 Å². The lowest BCUT2D eigenvalue weighted by molar-refractivity contribution is 0.188. The lowest BCUT2D eigenvalue weighted by Crippen LogP contribution is -2.48. The highest BCUT2D eigenvalue weighted by Gasteiger charge is 2.29. The van der Waals surface area contributed by atoms with E-state index in [9.17, 15) is 8.42 Å². The molecule has 0 saturated carbocycles. The van der Waals surface area contributed by atoms with Crippen LogP contribution < -0.4 is 10.5 Å². The average Bonchev–Trinajstić information content (AvgIpc) is 2.32. The number of aryl methyl sites for hydroxylation is 1. The summed E-state index contributed by atoms with van der Waals surface area (Å²) in [5.41, 5.74) is 6.93. The first kappa shape index (κ1) is 15.3. The van der Waals surface area contributed by atoms with Gasteiger partial charge in [-0.3, -0.25) is 0 Å². The first-order valence-electron chi connectivity index (χ1n) is 6.86. The van der Waals surface area contributed by atoms with E-state index in [1.807, 2.05) is 0 Å². The van der Waals surface area contributed by atoms with Crippen LogP contribution in [0.5, 0.6) is 0 Å². The smallest absolute Gasteiger partial charge is 0.241 e. The van der Waals surface area contributed by atoms with Gasteiger partial charge in [0.15, 0.2) is 0 Å². The lowest BCUT2D eigenvalue weighted by Gasteiger charge is -2.35. The van der Waals surface area contributed by atoms with Gasteiger partial charge in [0, 0.05) is 18.3 Å². The number of anilines is 1. The van der Waals surface area contributed by atoms with Gasteiger partial charge in [-0.15, -0.1) is 0 Å². The molecule has 1 heterocycles. The molecule has 112 valence electrons. The third-order valence-electron chi connectivity index (χ3n) is 3.90. The number of likely N-dealkylation sites (tertiary alicyclic amines) is 1. The first-order chi connectivity index (χ1) is 9.29. The van der Waals surface area contributed by atoms with Crippen LogP contribution >= 0.6 is 0 Å². The van der Waals surface area contributed by atoms with Gasteiger partial charge in [-0.05, 0) is 56.6 Å². The van der Waals surface area contributed by atoms with Crippen LogP contribution in [0.1, 0.15) is 18.9 Å². The summed E-state index contributed by atoms with van der Waals surface area (Å²) >= 11 is 0. The molecule has 1 fully saturated rings. The number of nitrogens with one attached hydrogen (secondary N) is 1. The Hall–Kier alpha value is -1.11. The molecular formula is C14H23N3O2S. The van der Waals surface area contributed by atoms with Crippen molar-refractivity contribution in [2.75, 3.05) is 25.9 Å². The molecule has 6 heteroatoms. The van der Waals surface area contributed by atoms with E-state index in [0.29, 0.717) is 22.1 Å². The maximum Gasteiger partial charge on any atom is 0.241 e. The van der Waals surface area contributed by atoms with Crippen LogP contribution in [-0.4, -0.2) is 39.5 Å². The Balaban J connectivity index is 2.19. The zero-order valence-corrected chi connectivity index (χ0v) is 13.1. The second kappa shape index (κ2) is 5.71. The van der Waals surface area contributed by atoms with Gasteiger partial charge in [-0.1, -0.05) is 6.92 Å². The summed E-state index contributed by atoms with van der Waals surface area (Å²) in [4.78, 5) is 2.54. The van der Waals surface area contributed by atoms with Crippen LogP contribution in [-0.2, 0) is 10.0 Å². The van der Waals surface area contributed by atoms with Crippen molar-refractivity contribution in [1.29, 1.82) is 0 Å². The number of hydrogen-bond acceptors (Lipinski definition) is 4. The molecule has 0 radical (unpaired) electrons. The van der Waals surface area contributed by atoms with Gasteiger partial charge < -0.3 is 10.6 Å². The van der Waals surface area contributed by atoms with E-state index in [0.717, 1.165) is 19.5 Å². The molecule has 1 aliphatic rings. The Morgan fingerprint density at radius 3 is 2.70 bits per heavy atom. The average molecular weight is 297 g/mol. The summed E-state index contributed by atoms with van der Waals surface area (Å²) in [5.74, 6) is 0.303. The predicted molar refractivity (Wildman–Crippen MR) is 81.0 cm³/mol. The zero-order chi connectivity index (χ0) is 14.9. The Bertz CT molecular complexity index is 586. The number of sulfonamides is 1. The van der Waals surface area contributed by atoms with Crippen molar-refractivity contribution >= 4 is 15.7 Å². The van der Waals surface area contributed by atoms with Crippen molar-refractivity contribution in [2.45, 2.75) is 31.2 Å². The molecule has 1 saturated heterocycles. The third-order valence-corrected chi connectivity index (χ3v) is 5.55. The molecule has 2 unspecified atom stereocenters. The molecular weight excluding hydrogens is 274 g/mol. The number of piperidine rings is 1. The second-order valence-electron chi connectivity index (χ2n) is 5.78. The quantitative estimate of drug-likeness (QED) is 0.822. The monoisotopic (exact) mass is 297 g/mol. The summed E-state index contributed by atoms with van der Waals surface area (Å²) in [7, 11) is -1.42. The number of benzene rings is 1. The molecule has 1 aromatic rings. The van der Waals surface area contributed by atoms with Gasteiger partial charge >= 0.3 is 0 Å². The largest absolute Gasteiger partial charge is 0.399 e. The summed E-state index contributed by atoms with van der Waals surface area (Å²) in [5, 5.41) is 0. The maximum atomic E-state index is 12.5. The van der Waals surface area contributed by atoms with E-state index in [1.54, 1.807) is 25.1 Å². The number of rotatable bonds is 3. The fraction of sp³-hybridized carbons (Fsp3) is 0.571. The summed E-state index contributed by atoms with van der Waals surface area (Å²) in [6.07, 6.45) is 0.838. The normalized spacial score (nSPS) is 24.8. The van der Waals surface area contributed by atoms with Gasteiger partial charge in [-0.2, -0.15) is 0 Å². The van der Waals surface area contributed by atoms with E-state index in [2.05, 4.69) is 23.6 Å². The highest BCUT2D eigenvalue weighted by molar-refractivity contribution is 7.89. The lowest BCUT2D eigenvalue weighted by atomic mass is 9.95. The molecule has 0 aliphatic carbocycles. The predicted octanol–water partition coefficient (Wildman–Crippen LogP) is 1.20. The van der Waals surface area contributed by atoms with Crippen LogP contribution in [0.25, 0.3) is 0 Å². The Kier molecular flexibility index (Phi) is 4.36. The molecule has 0 bridgehead atoms. The Morgan fingerprint density at radius 1 is 1.40 bits per heavy atom. The fourth-order valence-corrected chi connectivity index (χ4v) is 4.37. The first-order valence-corrected chi connectivity index (χ1v) is 8.35. The minimum atomic E-state index is -3.48. The molecule has 2 atom stereocenters. The van der Waals surface area contributed by atoms with Gasteiger partial charge in [-0.25, -0.2) is 13.1 Å². The van der Waals surface area contributed by atoms with E-state index < -0.39 is 10.0 Å². The molecule has 20 heavy (non-hydrogen) atoms. The number of nitrogen functional groups attached to an aromatic ring is 1. The Morgan fingerprint density at radius 2 is 2.10 bits per heavy atom. The van der Waals surface area contributed by atoms with Crippen molar-refractivity contribution in [1.82, 2.24) is 9.62 Å². The second-order valence-corrected chi connectivity index (χ2v) is 7.46. The van der Waals surface area contributed by atoms with Crippen LogP contribution in [0.4, 0.5) is 5.69 Å². The molecule has 1 aliphatic heterocycles. The van der Waals surface area contributed by atoms with Crippen LogP contribution in [0.3, 0.4) is 0 Å². The molecule has 1 aromatic carbocycles. The van der Waals surface area contributed by atoms with Gasteiger partial charge in [0.1, 0.15) is 0 Å². The van der Waals surface area contributed by atoms with Crippen LogP contribution in [0, 0.1) is 12.8 Å². The van der Waals surface area contributed by atoms with Gasteiger partial charge in [0.05, 0.1) is 4.90 Å². The molecule has 0 aromatic heterocycles. The van der Waals surface area contributed by atoms with Crippen LogP contribution in [0.15, 0.2) is 23.1 Å². The molecule has 5 nitrogen and oxygen atoms in total. The van der Waals surface area contributed by atoms with E-state index in [4.69, 9.17) is 5.73 Å². The van der Waals surface area contributed by atoms with Crippen LogP contribution in [0.2, 0.25) is 0 Å². The highest BCUT2D eigenvalue weighted by atomic mass is 32.2. The number of nitrogens with two attached hydrogens (primary N) is 1. The number of hydrogen-bond donors (Lipinski definition) is 2.